The maximum atomic E-state index is 14.4. The molecule has 7 heteroatoms. The Bertz CT molecular complexity index is 975. The van der Waals surface area contributed by atoms with Crippen molar-refractivity contribution in [1.82, 2.24) is 0 Å². The molecule has 0 unspecified atom stereocenters. The summed E-state index contributed by atoms with van der Waals surface area (Å²) in [6.45, 7) is 2.04. The number of hydrogen-bond acceptors (Lipinski definition) is 5. The third kappa shape index (κ3) is 3.38. The highest BCUT2D eigenvalue weighted by Gasteiger charge is 2.47. The van der Waals surface area contributed by atoms with E-state index < -0.39 is 9.84 Å². The molecular formula is C19H19FN2O2S2. The summed E-state index contributed by atoms with van der Waals surface area (Å²) in [5.41, 5.74) is 2.74. The van der Waals surface area contributed by atoms with E-state index in [4.69, 9.17) is 0 Å². The highest BCUT2D eigenvalue weighted by atomic mass is 32.2. The number of rotatable bonds is 3. The minimum Gasteiger partial charge on any atom is -0.312 e. The second-order valence-corrected chi connectivity index (χ2v) is 9.82. The summed E-state index contributed by atoms with van der Waals surface area (Å²) in [6.07, 6.45) is 0. The van der Waals surface area contributed by atoms with Crippen LogP contribution in [0.25, 0.3) is 0 Å². The van der Waals surface area contributed by atoms with E-state index in [1.807, 2.05) is 25.1 Å². The van der Waals surface area contributed by atoms with Gasteiger partial charge in [0.2, 0.25) is 0 Å². The number of aryl methyl sites for hydroxylation is 1. The molecule has 26 heavy (non-hydrogen) atoms. The van der Waals surface area contributed by atoms with Gasteiger partial charge in [0.05, 0.1) is 29.3 Å². The summed E-state index contributed by atoms with van der Waals surface area (Å²) < 4.78 is 38.5. The lowest BCUT2D eigenvalue weighted by molar-refractivity contribution is 0.600. The zero-order valence-corrected chi connectivity index (χ0v) is 15.9. The van der Waals surface area contributed by atoms with Crippen molar-refractivity contribution < 1.29 is 12.8 Å². The SMILES string of the molecule is Cc1cccc(CSC2=N[C@@H]3CS(=O)(=O)C[C@H]3N2c2ccccc2F)c1. The van der Waals surface area contributed by atoms with Gasteiger partial charge in [-0.1, -0.05) is 53.7 Å². The van der Waals surface area contributed by atoms with Crippen molar-refractivity contribution >= 4 is 32.5 Å². The van der Waals surface area contributed by atoms with Gasteiger partial charge in [0.1, 0.15) is 5.82 Å². The lowest BCUT2D eigenvalue weighted by Gasteiger charge is -2.26. The normalized spacial score (nSPS) is 23.8. The summed E-state index contributed by atoms with van der Waals surface area (Å²) in [6, 6.07) is 14.1. The summed E-state index contributed by atoms with van der Waals surface area (Å²) in [4.78, 5) is 6.42. The van der Waals surface area contributed by atoms with Crippen LogP contribution in [-0.4, -0.2) is 37.2 Å². The molecule has 2 aliphatic rings. The summed E-state index contributed by atoms with van der Waals surface area (Å²) in [7, 11) is -3.14. The zero-order valence-electron chi connectivity index (χ0n) is 14.3. The van der Waals surface area contributed by atoms with Gasteiger partial charge in [-0.25, -0.2) is 12.8 Å². The van der Waals surface area contributed by atoms with Gasteiger partial charge in [-0.3, -0.25) is 4.99 Å². The average Bonchev–Trinajstić information content (AvgIpc) is 3.05. The molecule has 136 valence electrons. The smallest absolute Gasteiger partial charge is 0.164 e. The Morgan fingerprint density at radius 1 is 1.19 bits per heavy atom. The van der Waals surface area contributed by atoms with Crippen LogP contribution in [0.1, 0.15) is 11.1 Å². The highest BCUT2D eigenvalue weighted by molar-refractivity contribution is 8.13. The van der Waals surface area contributed by atoms with Crippen LogP contribution in [-0.2, 0) is 15.6 Å². The van der Waals surface area contributed by atoms with E-state index in [0.717, 1.165) is 5.56 Å². The van der Waals surface area contributed by atoms with E-state index in [2.05, 4.69) is 11.1 Å². The van der Waals surface area contributed by atoms with Crippen molar-refractivity contribution in [2.24, 2.45) is 4.99 Å². The molecule has 0 bridgehead atoms. The number of fused-ring (bicyclic) bond motifs is 1. The van der Waals surface area contributed by atoms with Crippen molar-refractivity contribution in [3.8, 4) is 0 Å². The molecule has 2 heterocycles. The molecule has 0 saturated carbocycles. The first kappa shape index (κ1) is 17.5. The van der Waals surface area contributed by atoms with Gasteiger partial charge in [0.15, 0.2) is 15.0 Å². The Morgan fingerprint density at radius 3 is 2.77 bits per heavy atom. The number of anilines is 1. The summed E-state index contributed by atoms with van der Waals surface area (Å²) in [5.74, 6) is 0.403. The van der Waals surface area contributed by atoms with Crippen LogP contribution in [0.5, 0.6) is 0 Å². The second-order valence-electron chi connectivity index (χ2n) is 6.72. The predicted molar refractivity (Wildman–Crippen MR) is 105 cm³/mol. The molecule has 4 rings (SSSR count). The number of halogens is 1. The summed E-state index contributed by atoms with van der Waals surface area (Å²) >= 11 is 1.53. The molecule has 2 aliphatic heterocycles. The van der Waals surface area contributed by atoms with Crippen LogP contribution < -0.4 is 4.90 Å². The Hall–Kier alpha value is -1.86. The van der Waals surface area contributed by atoms with E-state index in [1.165, 1.54) is 23.4 Å². The van der Waals surface area contributed by atoms with Gasteiger partial charge >= 0.3 is 0 Å². The quantitative estimate of drug-likeness (QED) is 0.806. The molecule has 1 saturated heterocycles. The van der Waals surface area contributed by atoms with Crippen LogP contribution in [0.15, 0.2) is 53.5 Å². The van der Waals surface area contributed by atoms with Gasteiger partial charge in [-0.15, -0.1) is 0 Å². The molecule has 0 amide bonds. The maximum absolute atomic E-state index is 14.4. The molecule has 1 fully saturated rings. The van der Waals surface area contributed by atoms with Gasteiger partial charge in [-0.05, 0) is 24.6 Å². The van der Waals surface area contributed by atoms with Crippen LogP contribution in [0.2, 0.25) is 0 Å². The third-order valence-corrected chi connectivity index (χ3v) is 7.41. The molecule has 2 aromatic carbocycles. The fraction of sp³-hybridized carbons (Fsp3) is 0.316. The van der Waals surface area contributed by atoms with Crippen molar-refractivity contribution in [3.63, 3.8) is 0 Å². The second kappa shape index (κ2) is 6.70. The van der Waals surface area contributed by atoms with Gasteiger partial charge < -0.3 is 4.90 Å². The lowest BCUT2D eigenvalue weighted by Crippen LogP contribution is -2.39. The van der Waals surface area contributed by atoms with Crippen molar-refractivity contribution in [3.05, 3.63) is 65.5 Å². The monoisotopic (exact) mass is 390 g/mol. The number of sulfone groups is 1. The number of benzene rings is 2. The number of hydrogen-bond donors (Lipinski definition) is 0. The number of aliphatic imine (C=N–C) groups is 1. The van der Waals surface area contributed by atoms with E-state index in [1.54, 1.807) is 23.1 Å². The Labute approximate surface area is 157 Å². The fourth-order valence-corrected chi connectivity index (χ4v) is 6.41. The number of thioether (sulfide) groups is 1. The Balaban J connectivity index is 1.64. The molecule has 0 aromatic heterocycles. The van der Waals surface area contributed by atoms with E-state index >= 15 is 0 Å². The van der Waals surface area contributed by atoms with Crippen LogP contribution in [0.4, 0.5) is 10.1 Å². The molecule has 2 atom stereocenters. The average molecular weight is 391 g/mol. The molecule has 0 spiro atoms. The van der Waals surface area contributed by atoms with Gasteiger partial charge in [0.25, 0.3) is 0 Å². The van der Waals surface area contributed by atoms with Gasteiger partial charge in [-0.2, -0.15) is 0 Å². The topological polar surface area (TPSA) is 49.7 Å². The molecule has 0 N–H and O–H groups in total. The first-order valence-corrected chi connectivity index (χ1v) is 11.2. The van der Waals surface area contributed by atoms with E-state index in [-0.39, 0.29) is 29.4 Å². The van der Waals surface area contributed by atoms with Crippen molar-refractivity contribution in [1.29, 1.82) is 0 Å². The first-order valence-electron chi connectivity index (χ1n) is 8.43. The number of amidine groups is 1. The zero-order chi connectivity index (χ0) is 18.3. The van der Waals surface area contributed by atoms with Gasteiger partial charge in [0, 0.05) is 5.75 Å². The largest absolute Gasteiger partial charge is 0.312 e. The minimum absolute atomic E-state index is 0.0179. The molecule has 2 aromatic rings. The van der Waals surface area contributed by atoms with Crippen molar-refractivity contribution in [2.45, 2.75) is 24.8 Å². The molecular weight excluding hydrogens is 371 g/mol. The molecule has 4 nitrogen and oxygen atoms in total. The van der Waals surface area contributed by atoms with E-state index in [0.29, 0.717) is 16.6 Å². The van der Waals surface area contributed by atoms with Crippen LogP contribution in [0.3, 0.4) is 0 Å². The molecule has 0 aliphatic carbocycles. The Morgan fingerprint density at radius 2 is 2.00 bits per heavy atom. The fourth-order valence-electron chi connectivity index (χ4n) is 3.51. The first-order chi connectivity index (χ1) is 12.4. The molecule has 0 radical (unpaired) electrons. The summed E-state index contributed by atoms with van der Waals surface area (Å²) in [5, 5.41) is 0.696. The van der Waals surface area contributed by atoms with Crippen LogP contribution >= 0.6 is 11.8 Å². The highest BCUT2D eigenvalue weighted by Crippen LogP contribution is 2.36. The minimum atomic E-state index is -3.14. The van der Waals surface area contributed by atoms with Crippen molar-refractivity contribution in [2.75, 3.05) is 16.4 Å². The third-order valence-electron chi connectivity index (χ3n) is 4.67. The maximum Gasteiger partial charge on any atom is 0.164 e. The predicted octanol–water partition coefficient (Wildman–Crippen LogP) is 3.41. The number of para-hydroxylation sites is 1. The Kier molecular flexibility index (Phi) is 4.52. The standard InChI is InChI=1S/C19H19FN2O2S2/c1-13-5-4-6-14(9-13)10-25-19-21-16-11-26(23,24)12-18(16)22(19)17-8-3-2-7-15(17)20/h2-9,16,18H,10-12H2,1H3/t16-,18-/m1/s1. The van der Waals surface area contributed by atoms with Crippen LogP contribution in [0, 0.1) is 12.7 Å². The lowest BCUT2D eigenvalue weighted by atomic mass is 10.1. The van der Waals surface area contributed by atoms with E-state index in [9.17, 15) is 12.8 Å². The number of nitrogens with zero attached hydrogens (tertiary/aromatic N) is 2.